The number of carbonyl (C=O) groups is 1. The van der Waals surface area contributed by atoms with E-state index in [1.54, 1.807) is 0 Å². The topological polar surface area (TPSA) is 83.5 Å². The highest BCUT2D eigenvalue weighted by Gasteiger charge is 2.30. The molecule has 0 amide bonds. The molecule has 0 saturated carbocycles. The highest BCUT2D eigenvalue weighted by atomic mass is 35.5. The zero-order valence-corrected chi connectivity index (χ0v) is 13.2. The van der Waals surface area contributed by atoms with Gasteiger partial charge >= 0.3 is 12.1 Å². The van der Waals surface area contributed by atoms with E-state index < -0.39 is 32.6 Å². The fourth-order valence-corrected chi connectivity index (χ4v) is 3.04. The average Bonchev–Trinajstić information content (AvgIpc) is 2.48. The molecule has 2 aromatic rings. The molecule has 0 atom stereocenters. The van der Waals surface area contributed by atoms with Crippen molar-refractivity contribution in [2.75, 3.05) is 4.72 Å². The highest BCUT2D eigenvalue weighted by molar-refractivity contribution is 7.92. The minimum absolute atomic E-state index is 0.0834. The van der Waals surface area contributed by atoms with E-state index in [0.717, 1.165) is 18.2 Å². The molecule has 0 aliphatic rings. The molecular formula is C14H9ClF3NO4S. The standard InChI is InChI=1S/C14H9ClF3NO4S/c15-12-6-3-9(7-11(12)13(20)21)19-24(22,23)10-4-1-8(2-5-10)14(16,17)18/h1-7,19H,(H,20,21). The summed E-state index contributed by atoms with van der Waals surface area (Å²) >= 11 is 5.67. The van der Waals surface area contributed by atoms with Crippen molar-refractivity contribution in [3.05, 3.63) is 58.6 Å². The first-order chi connectivity index (χ1) is 11.0. The molecule has 0 radical (unpaired) electrons. The number of hydrogen-bond acceptors (Lipinski definition) is 3. The number of nitrogens with one attached hydrogen (secondary N) is 1. The van der Waals surface area contributed by atoms with Crippen molar-refractivity contribution in [1.82, 2.24) is 0 Å². The van der Waals surface area contributed by atoms with Gasteiger partial charge in [-0.3, -0.25) is 4.72 Å². The summed E-state index contributed by atoms with van der Waals surface area (Å²) in [6.45, 7) is 0. The van der Waals surface area contributed by atoms with Crippen LogP contribution in [-0.2, 0) is 16.2 Å². The number of carboxylic acids is 1. The SMILES string of the molecule is O=C(O)c1cc(NS(=O)(=O)c2ccc(C(F)(F)F)cc2)ccc1Cl. The van der Waals surface area contributed by atoms with E-state index in [4.69, 9.17) is 16.7 Å². The molecule has 0 aromatic heterocycles. The van der Waals surface area contributed by atoms with Crippen LogP contribution in [0.2, 0.25) is 5.02 Å². The maximum Gasteiger partial charge on any atom is 0.416 e. The molecule has 0 heterocycles. The largest absolute Gasteiger partial charge is 0.478 e. The molecule has 24 heavy (non-hydrogen) atoms. The van der Waals surface area contributed by atoms with Crippen LogP contribution in [0.3, 0.4) is 0 Å². The van der Waals surface area contributed by atoms with Gasteiger partial charge in [0, 0.05) is 5.69 Å². The second-order valence-corrected chi connectivity index (χ2v) is 6.72. The first-order valence-corrected chi connectivity index (χ1v) is 8.10. The normalized spacial score (nSPS) is 12.0. The Kier molecular flexibility index (Phi) is 4.77. The molecule has 2 N–H and O–H groups in total. The molecule has 128 valence electrons. The fourth-order valence-electron chi connectivity index (χ4n) is 1.79. The summed E-state index contributed by atoms with van der Waals surface area (Å²) in [5, 5.41) is 8.86. The van der Waals surface area contributed by atoms with Gasteiger partial charge in [-0.2, -0.15) is 13.2 Å². The van der Waals surface area contributed by atoms with Crippen LogP contribution in [-0.4, -0.2) is 19.5 Å². The monoisotopic (exact) mass is 379 g/mol. The number of carboxylic acid groups (broad SMARTS) is 1. The predicted molar refractivity (Wildman–Crippen MR) is 80.7 cm³/mol. The van der Waals surface area contributed by atoms with E-state index in [-0.39, 0.29) is 16.3 Å². The summed E-state index contributed by atoms with van der Waals surface area (Å²) in [4.78, 5) is 10.6. The Morgan fingerprint density at radius 3 is 2.17 bits per heavy atom. The lowest BCUT2D eigenvalue weighted by molar-refractivity contribution is -0.137. The van der Waals surface area contributed by atoms with Gasteiger partial charge in [-0.25, -0.2) is 13.2 Å². The molecule has 0 fully saturated rings. The summed E-state index contributed by atoms with van der Waals surface area (Å²) in [5.74, 6) is -1.35. The van der Waals surface area contributed by atoms with Crippen molar-refractivity contribution in [3.8, 4) is 0 Å². The molecule has 2 aromatic carbocycles. The Balaban J connectivity index is 2.32. The number of aromatic carboxylic acids is 1. The van der Waals surface area contributed by atoms with Crippen molar-refractivity contribution in [2.45, 2.75) is 11.1 Å². The van der Waals surface area contributed by atoms with Crippen molar-refractivity contribution < 1.29 is 31.5 Å². The van der Waals surface area contributed by atoms with Gasteiger partial charge in [0.15, 0.2) is 0 Å². The summed E-state index contributed by atoms with van der Waals surface area (Å²) < 4.78 is 63.9. The molecule has 0 saturated heterocycles. The number of rotatable bonds is 4. The number of hydrogen-bond donors (Lipinski definition) is 2. The quantitative estimate of drug-likeness (QED) is 0.845. The second-order valence-electron chi connectivity index (χ2n) is 4.63. The Hall–Kier alpha value is -2.26. The molecule has 0 unspecified atom stereocenters. The minimum Gasteiger partial charge on any atom is -0.478 e. The van der Waals surface area contributed by atoms with Crippen LogP contribution in [0.25, 0.3) is 0 Å². The van der Waals surface area contributed by atoms with Gasteiger partial charge in [-0.05, 0) is 42.5 Å². The van der Waals surface area contributed by atoms with E-state index in [1.807, 2.05) is 0 Å². The number of halogens is 4. The van der Waals surface area contributed by atoms with Crippen molar-refractivity contribution in [3.63, 3.8) is 0 Å². The number of anilines is 1. The van der Waals surface area contributed by atoms with E-state index in [2.05, 4.69) is 4.72 Å². The first-order valence-electron chi connectivity index (χ1n) is 6.23. The van der Waals surface area contributed by atoms with Crippen LogP contribution in [0, 0.1) is 0 Å². The van der Waals surface area contributed by atoms with Gasteiger partial charge in [-0.1, -0.05) is 11.6 Å². The Bertz CT molecular complexity index is 880. The Morgan fingerprint density at radius 2 is 1.67 bits per heavy atom. The van der Waals surface area contributed by atoms with Crippen molar-refractivity contribution in [2.24, 2.45) is 0 Å². The van der Waals surface area contributed by atoms with Crippen LogP contribution >= 0.6 is 11.6 Å². The average molecular weight is 380 g/mol. The lowest BCUT2D eigenvalue weighted by atomic mass is 10.2. The number of sulfonamides is 1. The van der Waals surface area contributed by atoms with Gasteiger partial charge in [0.05, 0.1) is 21.0 Å². The van der Waals surface area contributed by atoms with Crippen LogP contribution in [0.4, 0.5) is 18.9 Å². The van der Waals surface area contributed by atoms with Crippen LogP contribution < -0.4 is 4.72 Å². The zero-order chi connectivity index (χ0) is 18.1. The molecule has 10 heteroatoms. The summed E-state index contributed by atoms with van der Waals surface area (Å²) in [6, 6.07) is 6.31. The Morgan fingerprint density at radius 1 is 1.08 bits per heavy atom. The van der Waals surface area contributed by atoms with E-state index in [1.165, 1.54) is 12.1 Å². The van der Waals surface area contributed by atoms with E-state index >= 15 is 0 Å². The third-order valence-corrected chi connectivity index (χ3v) is 4.67. The van der Waals surface area contributed by atoms with Crippen LogP contribution in [0.5, 0.6) is 0 Å². The molecule has 0 spiro atoms. The first kappa shape index (κ1) is 18.1. The van der Waals surface area contributed by atoms with Gasteiger partial charge in [0.1, 0.15) is 0 Å². The van der Waals surface area contributed by atoms with E-state index in [0.29, 0.717) is 12.1 Å². The predicted octanol–water partition coefficient (Wildman–Crippen LogP) is 3.86. The second kappa shape index (κ2) is 6.33. The maximum atomic E-state index is 12.5. The number of benzene rings is 2. The molecule has 2 rings (SSSR count). The van der Waals surface area contributed by atoms with Crippen LogP contribution in [0.15, 0.2) is 47.4 Å². The molecular weight excluding hydrogens is 371 g/mol. The van der Waals surface area contributed by atoms with E-state index in [9.17, 15) is 26.4 Å². The van der Waals surface area contributed by atoms with Crippen molar-refractivity contribution in [1.29, 1.82) is 0 Å². The van der Waals surface area contributed by atoms with Gasteiger partial charge in [-0.15, -0.1) is 0 Å². The maximum absolute atomic E-state index is 12.5. The van der Waals surface area contributed by atoms with Crippen LogP contribution in [0.1, 0.15) is 15.9 Å². The lowest BCUT2D eigenvalue weighted by Gasteiger charge is -2.11. The lowest BCUT2D eigenvalue weighted by Crippen LogP contribution is -2.14. The minimum atomic E-state index is -4.58. The third-order valence-electron chi connectivity index (χ3n) is 2.94. The third kappa shape index (κ3) is 3.98. The highest BCUT2D eigenvalue weighted by Crippen LogP contribution is 2.30. The summed E-state index contributed by atoms with van der Waals surface area (Å²) in [7, 11) is -4.18. The number of alkyl halides is 3. The summed E-state index contributed by atoms with van der Waals surface area (Å²) in [5.41, 5.74) is -1.39. The van der Waals surface area contributed by atoms with Gasteiger partial charge in [0.25, 0.3) is 10.0 Å². The van der Waals surface area contributed by atoms with Crippen molar-refractivity contribution >= 4 is 33.3 Å². The molecule has 5 nitrogen and oxygen atoms in total. The molecule has 0 aliphatic carbocycles. The van der Waals surface area contributed by atoms with Gasteiger partial charge in [0.2, 0.25) is 0 Å². The molecule has 0 aliphatic heterocycles. The zero-order valence-electron chi connectivity index (χ0n) is 11.6. The smallest absolute Gasteiger partial charge is 0.416 e. The van der Waals surface area contributed by atoms with Gasteiger partial charge < -0.3 is 5.11 Å². The molecule has 0 bridgehead atoms. The Labute approximate surface area is 139 Å². The fraction of sp³-hybridized carbons (Fsp3) is 0.0714. The summed E-state index contributed by atoms with van der Waals surface area (Å²) in [6.07, 6.45) is -4.58.